The van der Waals surface area contributed by atoms with Gasteiger partial charge in [-0.15, -0.1) is 0 Å². The van der Waals surface area contributed by atoms with Crippen LogP contribution in [0.15, 0.2) is 22.7 Å². The molecule has 0 amide bonds. The number of carboxylic acid groups (broad SMARTS) is 1. The second-order valence-corrected chi connectivity index (χ2v) is 6.07. The van der Waals surface area contributed by atoms with Crippen molar-refractivity contribution in [3.8, 4) is 5.75 Å². The van der Waals surface area contributed by atoms with Gasteiger partial charge in [-0.05, 0) is 30.5 Å². The topological polar surface area (TPSA) is 46.5 Å². The van der Waals surface area contributed by atoms with Crippen LogP contribution in [-0.2, 0) is 10.7 Å². The van der Waals surface area contributed by atoms with E-state index in [4.69, 9.17) is 9.84 Å². The number of aliphatic carboxylic acids is 1. The highest BCUT2D eigenvalue weighted by atomic mass is 79.9. The SMILES string of the molecule is CC(F)(F)c1cc(Br)ccc1OC(CC1CC1)C(=O)O. The largest absolute Gasteiger partial charge is 0.479 e. The molecule has 0 spiro atoms. The number of benzene rings is 1. The van der Waals surface area contributed by atoms with E-state index < -0.39 is 18.0 Å². The molecule has 110 valence electrons. The molecule has 0 saturated heterocycles. The molecule has 1 aromatic rings. The predicted octanol–water partition coefficient (Wildman–Crippen LogP) is 4.19. The lowest BCUT2D eigenvalue weighted by Crippen LogP contribution is -2.28. The molecule has 1 aliphatic rings. The van der Waals surface area contributed by atoms with Crippen molar-refractivity contribution in [1.29, 1.82) is 0 Å². The highest BCUT2D eigenvalue weighted by molar-refractivity contribution is 9.10. The highest BCUT2D eigenvalue weighted by Gasteiger charge is 2.34. The van der Waals surface area contributed by atoms with E-state index in [0.29, 0.717) is 16.8 Å². The Kier molecular flexibility index (Phi) is 4.32. The third kappa shape index (κ3) is 3.91. The lowest BCUT2D eigenvalue weighted by Gasteiger charge is -2.20. The van der Waals surface area contributed by atoms with Gasteiger partial charge in [0.25, 0.3) is 5.92 Å². The number of hydrogen-bond donors (Lipinski definition) is 1. The molecule has 1 unspecified atom stereocenters. The Balaban J connectivity index is 2.24. The number of hydrogen-bond acceptors (Lipinski definition) is 2. The van der Waals surface area contributed by atoms with Crippen molar-refractivity contribution in [3.63, 3.8) is 0 Å². The van der Waals surface area contributed by atoms with Crippen LogP contribution in [0.4, 0.5) is 8.78 Å². The van der Waals surface area contributed by atoms with Crippen molar-refractivity contribution < 1.29 is 23.4 Å². The third-order valence-electron chi connectivity index (χ3n) is 3.20. The maximum Gasteiger partial charge on any atom is 0.344 e. The van der Waals surface area contributed by atoms with Gasteiger partial charge in [0, 0.05) is 11.4 Å². The molecule has 20 heavy (non-hydrogen) atoms. The van der Waals surface area contributed by atoms with Crippen LogP contribution in [0.3, 0.4) is 0 Å². The molecule has 1 aromatic carbocycles. The van der Waals surface area contributed by atoms with Crippen molar-refractivity contribution in [2.75, 3.05) is 0 Å². The van der Waals surface area contributed by atoms with E-state index in [1.807, 2.05) is 0 Å². The minimum atomic E-state index is -3.10. The van der Waals surface area contributed by atoms with Crippen LogP contribution < -0.4 is 4.74 Å². The molecule has 2 rings (SSSR count). The van der Waals surface area contributed by atoms with Crippen molar-refractivity contribution in [3.05, 3.63) is 28.2 Å². The lowest BCUT2D eigenvalue weighted by molar-refractivity contribution is -0.145. The Morgan fingerprint density at radius 1 is 1.55 bits per heavy atom. The van der Waals surface area contributed by atoms with Gasteiger partial charge in [0.15, 0.2) is 6.10 Å². The average Bonchev–Trinajstić information content (AvgIpc) is 3.12. The molecule has 1 aliphatic carbocycles. The van der Waals surface area contributed by atoms with Crippen molar-refractivity contribution in [2.24, 2.45) is 5.92 Å². The Labute approximate surface area is 124 Å². The van der Waals surface area contributed by atoms with Crippen molar-refractivity contribution >= 4 is 21.9 Å². The summed E-state index contributed by atoms with van der Waals surface area (Å²) in [5.74, 6) is -3.96. The van der Waals surface area contributed by atoms with Gasteiger partial charge in [-0.25, -0.2) is 13.6 Å². The molecular formula is C14H15BrF2O3. The number of carboxylic acids is 1. The molecule has 0 aromatic heterocycles. The molecule has 0 aliphatic heterocycles. The van der Waals surface area contributed by atoms with Crippen LogP contribution >= 0.6 is 15.9 Å². The summed E-state index contributed by atoms with van der Waals surface area (Å²) in [6.45, 7) is 0.762. The Morgan fingerprint density at radius 2 is 2.20 bits per heavy atom. The standard InChI is InChI=1S/C14H15BrF2O3/c1-14(16,17)10-7-9(15)4-5-11(10)20-12(13(18)19)6-8-2-3-8/h4-5,7-8,12H,2-3,6H2,1H3,(H,18,19). The van der Waals surface area contributed by atoms with E-state index in [2.05, 4.69) is 15.9 Å². The van der Waals surface area contributed by atoms with Gasteiger partial charge >= 0.3 is 5.97 Å². The van der Waals surface area contributed by atoms with Gasteiger partial charge in [-0.3, -0.25) is 0 Å². The Hall–Kier alpha value is -1.17. The van der Waals surface area contributed by atoms with Gasteiger partial charge in [0.2, 0.25) is 0 Å². The summed E-state index contributed by atoms with van der Waals surface area (Å²) in [4.78, 5) is 11.2. The van der Waals surface area contributed by atoms with E-state index in [1.165, 1.54) is 12.1 Å². The summed E-state index contributed by atoms with van der Waals surface area (Å²) in [5, 5.41) is 9.14. The second-order valence-electron chi connectivity index (χ2n) is 5.15. The van der Waals surface area contributed by atoms with Crippen molar-refractivity contribution in [2.45, 2.75) is 38.2 Å². The fraction of sp³-hybridized carbons (Fsp3) is 0.500. The lowest BCUT2D eigenvalue weighted by atomic mass is 10.1. The normalized spacial score (nSPS) is 16.8. The van der Waals surface area contributed by atoms with Gasteiger partial charge in [-0.2, -0.15) is 0 Å². The predicted molar refractivity (Wildman–Crippen MR) is 73.1 cm³/mol. The highest BCUT2D eigenvalue weighted by Crippen LogP contribution is 2.39. The van der Waals surface area contributed by atoms with E-state index in [0.717, 1.165) is 19.8 Å². The zero-order chi connectivity index (χ0) is 14.9. The number of ether oxygens (including phenoxy) is 1. The average molecular weight is 349 g/mol. The van der Waals surface area contributed by atoms with Gasteiger partial charge in [0.05, 0.1) is 5.56 Å². The molecule has 1 N–H and O–H groups in total. The van der Waals surface area contributed by atoms with Gasteiger partial charge < -0.3 is 9.84 Å². The number of alkyl halides is 2. The minimum absolute atomic E-state index is 0.0752. The molecule has 3 nitrogen and oxygen atoms in total. The summed E-state index contributed by atoms with van der Waals surface area (Å²) in [5.41, 5.74) is -0.311. The van der Waals surface area contributed by atoms with Gasteiger partial charge in [-0.1, -0.05) is 28.8 Å². The first kappa shape index (κ1) is 15.2. The molecular weight excluding hydrogens is 334 g/mol. The van der Waals surface area contributed by atoms with Gasteiger partial charge in [0.1, 0.15) is 5.75 Å². The maximum atomic E-state index is 13.6. The minimum Gasteiger partial charge on any atom is -0.479 e. The van der Waals surface area contributed by atoms with Crippen LogP contribution in [0.25, 0.3) is 0 Å². The van der Waals surface area contributed by atoms with E-state index >= 15 is 0 Å². The number of carbonyl (C=O) groups is 1. The summed E-state index contributed by atoms with van der Waals surface area (Å²) < 4.78 is 33.0. The van der Waals surface area contributed by atoms with Crippen LogP contribution in [0, 0.1) is 5.92 Å². The smallest absolute Gasteiger partial charge is 0.344 e. The van der Waals surface area contributed by atoms with Crippen LogP contribution in [0.2, 0.25) is 0 Å². The monoisotopic (exact) mass is 348 g/mol. The van der Waals surface area contributed by atoms with Crippen LogP contribution in [0.1, 0.15) is 31.7 Å². The summed E-state index contributed by atoms with van der Waals surface area (Å²) in [6.07, 6.45) is 1.24. The Bertz CT molecular complexity index is 510. The summed E-state index contributed by atoms with van der Waals surface area (Å²) in [7, 11) is 0. The molecule has 1 fully saturated rings. The molecule has 0 radical (unpaired) electrons. The zero-order valence-electron chi connectivity index (χ0n) is 10.9. The van der Waals surface area contributed by atoms with Crippen molar-refractivity contribution in [1.82, 2.24) is 0 Å². The summed E-state index contributed by atoms with van der Waals surface area (Å²) in [6, 6.07) is 4.19. The number of halogens is 3. The first-order chi connectivity index (χ1) is 9.27. The fourth-order valence-electron chi connectivity index (χ4n) is 1.96. The van der Waals surface area contributed by atoms with E-state index in [1.54, 1.807) is 6.07 Å². The van der Waals surface area contributed by atoms with E-state index in [9.17, 15) is 13.6 Å². The third-order valence-corrected chi connectivity index (χ3v) is 3.70. The summed E-state index contributed by atoms with van der Waals surface area (Å²) >= 11 is 3.13. The zero-order valence-corrected chi connectivity index (χ0v) is 12.5. The molecule has 1 saturated carbocycles. The van der Waals surface area contributed by atoms with Crippen LogP contribution in [0.5, 0.6) is 5.75 Å². The second kappa shape index (κ2) is 5.68. The quantitative estimate of drug-likeness (QED) is 0.838. The molecule has 6 heteroatoms. The first-order valence-electron chi connectivity index (χ1n) is 6.34. The molecule has 0 heterocycles. The van der Waals surface area contributed by atoms with Crippen LogP contribution in [-0.4, -0.2) is 17.2 Å². The Morgan fingerprint density at radius 3 is 2.70 bits per heavy atom. The first-order valence-corrected chi connectivity index (χ1v) is 7.14. The van der Waals surface area contributed by atoms with E-state index in [-0.39, 0.29) is 11.3 Å². The molecule has 0 bridgehead atoms. The number of rotatable bonds is 6. The maximum absolute atomic E-state index is 13.6. The fourth-order valence-corrected chi connectivity index (χ4v) is 2.32. The molecule has 1 atom stereocenters.